The van der Waals surface area contributed by atoms with Crippen LogP contribution in [0, 0.1) is 0 Å². The number of rotatable bonds is 15. The monoisotopic (exact) mass is 376 g/mol. The van der Waals surface area contributed by atoms with Crippen molar-refractivity contribution < 1.29 is 14.3 Å². The molecule has 27 heavy (non-hydrogen) atoms. The number of carbonyl (C=O) groups is 1. The van der Waals surface area contributed by atoms with Gasteiger partial charge in [0.2, 0.25) is 5.91 Å². The van der Waals surface area contributed by atoms with Gasteiger partial charge in [-0.15, -0.1) is 0 Å². The Morgan fingerprint density at radius 1 is 1.00 bits per heavy atom. The fraction of sp³-hybridized carbons (Fsp3) is 0.636. The minimum absolute atomic E-state index is 0.0605. The van der Waals surface area contributed by atoms with Crippen LogP contribution in [0.1, 0.15) is 83.6 Å². The van der Waals surface area contributed by atoms with Crippen LogP contribution in [0.15, 0.2) is 23.3 Å². The van der Waals surface area contributed by atoms with Gasteiger partial charge in [0.05, 0.1) is 19.9 Å². The molecule has 5 heteroatoms. The highest BCUT2D eigenvalue weighted by atomic mass is 16.5. The van der Waals surface area contributed by atoms with E-state index in [2.05, 4.69) is 24.4 Å². The summed E-state index contributed by atoms with van der Waals surface area (Å²) in [5.41, 5.74) is 3.40. The van der Waals surface area contributed by atoms with Gasteiger partial charge in [-0.25, -0.2) is 5.43 Å². The number of ether oxygens (including phenoxy) is 2. The fourth-order valence-corrected chi connectivity index (χ4v) is 2.70. The first-order chi connectivity index (χ1) is 13.2. The average Bonchev–Trinajstić information content (AvgIpc) is 2.69. The number of hydrogen-bond donors (Lipinski definition) is 1. The van der Waals surface area contributed by atoms with Gasteiger partial charge in [0.25, 0.3) is 0 Å². The number of amides is 1. The molecule has 0 aliphatic heterocycles. The summed E-state index contributed by atoms with van der Waals surface area (Å²) in [6.07, 6.45) is 12.8. The van der Waals surface area contributed by atoms with Crippen molar-refractivity contribution in [2.24, 2.45) is 5.10 Å². The Bertz CT molecular complexity index is 558. The summed E-state index contributed by atoms with van der Waals surface area (Å²) < 4.78 is 11.3. The summed E-state index contributed by atoms with van der Waals surface area (Å²) in [7, 11) is 1.63. The predicted molar refractivity (Wildman–Crippen MR) is 112 cm³/mol. The first kappa shape index (κ1) is 23.0. The van der Waals surface area contributed by atoms with E-state index in [1.807, 2.05) is 18.2 Å². The van der Waals surface area contributed by atoms with Crippen molar-refractivity contribution in [3.63, 3.8) is 0 Å². The minimum atomic E-state index is -0.0605. The molecule has 1 rings (SSSR count). The van der Waals surface area contributed by atoms with Gasteiger partial charge in [-0.1, -0.05) is 58.8 Å². The van der Waals surface area contributed by atoms with Crippen molar-refractivity contribution in [1.82, 2.24) is 5.43 Å². The standard InChI is InChI=1S/C22H36N2O3/c1-4-6-8-9-10-11-12-16-27-20-15-14-19(17-21(20)26-3)18-23-24-22(25)13-7-5-2/h14-15,17-18H,4-13,16H2,1-3H3,(H,24,25)/b23-18+. The third kappa shape index (κ3) is 10.6. The predicted octanol–water partition coefficient (Wildman–Crippen LogP) is 5.46. The van der Waals surface area contributed by atoms with E-state index in [9.17, 15) is 4.79 Å². The summed E-state index contributed by atoms with van der Waals surface area (Å²) in [6.45, 7) is 4.99. The molecule has 152 valence electrons. The van der Waals surface area contributed by atoms with E-state index in [-0.39, 0.29) is 5.91 Å². The van der Waals surface area contributed by atoms with Crippen LogP contribution in [0.2, 0.25) is 0 Å². The maximum absolute atomic E-state index is 11.5. The number of nitrogens with one attached hydrogen (secondary N) is 1. The molecule has 0 spiro atoms. The third-order valence-electron chi connectivity index (χ3n) is 4.35. The van der Waals surface area contributed by atoms with Crippen LogP contribution in [-0.4, -0.2) is 25.8 Å². The molecule has 0 fully saturated rings. The molecule has 0 saturated heterocycles. The lowest BCUT2D eigenvalue weighted by Gasteiger charge is -2.11. The van der Waals surface area contributed by atoms with E-state index in [1.54, 1.807) is 13.3 Å². The normalized spacial score (nSPS) is 10.9. The van der Waals surface area contributed by atoms with Gasteiger partial charge in [-0.2, -0.15) is 5.10 Å². The van der Waals surface area contributed by atoms with Gasteiger partial charge in [0.1, 0.15) is 0 Å². The lowest BCUT2D eigenvalue weighted by molar-refractivity contribution is -0.121. The van der Waals surface area contributed by atoms with Gasteiger partial charge >= 0.3 is 0 Å². The highest BCUT2D eigenvalue weighted by Crippen LogP contribution is 2.27. The zero-order valence-corrected chi connectivity index (χ0v) is 17.3. The molecule has 1 aromatic rings. The van der Waals surface area contributed by atoms with Crippen LogP contribution in [0.4, 0.5) is 0 Å². The Morgan fingerprint density at radius 2 is 1.70 bits per heavy atom. The van der Waals surface area contributed by atoms with Crippen molar-refractivity contribution in [2.45, 2.75) is 78.1 Å². The number of hydrogen-bond acceptors (Lipinski definition) is 4. The molecule has 1 amide bonds. The van der Waals surface area contributed by atoms with Crippen LogP contribution in [-0.2, 0) is 4.79 Å². The Morgan fingerprint density at radius 3 is 2.41 bits per heavy atom. The summed E-state index contributed by atoms with van der Waals surface area (Å²) in [5.74, 6) is 1.36. The highest BCUT2D eigenvalue weighted by molar-refractivity contribution is 5.83. The third-order valence-corrected chi connectivity index (χ3v) is 4.35. The molecule has 5 nitrogen and oxygen atoms in total. The Balaban J connectivity index is 2.37. The van der Waals surface area contributed by atoms with Crippen molar-refractivity contribution in [1.29, 1.82) is 0 Å². The second-order valence-electron chi connectivity index (χ2n) is 6.78. The van der Waals surface area contributed by atoms with Crippen LogP contribution in [0.25, 0.3) is 0 Å². The van der Waals surface area contributed by atoms with Gasteiger partial charge in [-0.3, -0.25) is 4.79 Å². The lowest BCUT2D eigenvalue weighted by Crippen LogP contribution is -2.16. The zero-order chi connectivity index (χ0) is 19.7. The molecule has 0 aromatic heterocycles. The van der Waals surface area contributed by atoms with E-state index >= 15 is 0 Å². The van der Waals surface area contributed by atoms with Gasteiger partial charge in [0, 0.05) is 6.42 Å². The first-order valence-corrected chi connectivity index (χ1v) is 10.3. The van der Waals surface area contributed by atoms with Crippen molar-refractivity contribution in [2.75, 3.05) is 13.7 Å². The minimum Gasteiger partial charge on any atom is -0.493 e. The summed E-state index contributed by atoms with van der Waals surface area (Å²) in [4.78, 5) is 11.5. The summed E-state index contributed by atoms with van der Waals surface area (Å²) in [6, 6.07) is 5.66. The van der Waals surface area contributed by atoms with Crippen molar-refractivity contribution in [3.8, 4) is 11.5 Å². The molecule has 0 aliphatic rings. The maximum Gasteiger partial charge on any atom is 0.240 e. The average molecular weight is 377 g/mol. The van der Waals surface area contributed by atoms with Gasteiger partial charge in [-0.05, 0) is 36.6 Å². The fourth-order valence-electron chi connectivity index (χ4n) is 2.70. The summed E-state index contributed by atoms with van der Waals surface area (Å²) >= 11 is 0. The Kier molecular flexibility index (Phi) is 12.8. The number of hydrazone groups is 1. The molecule has 0 bridgehead atoms. The number of benzene rings is 1. The van der Waals surface area contributed by atoms with Gasteiger partial charge < -0.3 is 9.47 Å². The van der Waals surface area contributed by atoms with Crippen molar-refractivity contribution in [3.05, 3.63) is 23.8 Å². The topological polar surface area (TPSA) is 59.9 Å². The molecular formula is C22H36N2O3. The molecule has 0 radical (unpaired) electrons. The maximum atomic E-state index is 11.5. The highest BCUT2D eigenvalue weighted by Gasteiger charge is 2.05. The van der Waals surface area contributed by atoms with E-state index in [0.29, 0.717) is 18.8 Å². The second-order valence-corrected chi connectivity index (χ2v) is 6.78. The number of unbranched alkanes of at least 4 members (excludes halogenated alkanes) is 7. The first-order valence-electron chi connectivity index (χ1n) is 10.3. The smallest absolute Gasteiger partial charge is 0.240 e. The van der Waals surface area contributed by atoms with E-state index in [0.717, 1.165) is 30.6 Å². The summed E-state index contributed by atoms with van der Waals surface area (Å²) in [5, 5.41) is 4.00. The number of nitrogens with zero attached hydrogens (tertiary/aromatic N) is 1. The molecule has 0 heterocycles. The largest absolute Gasteiger partial charge is 0.493 e. The quantitative estimate of drug-likeness (QED) is 0.251. The number of methoxy groups -OCH3 is 1. The Labute approximate surface area is 164 Å². The molecule has 0 aliphatic carbocycles. The second kappa shape index (κ2) is 15.1. The van der Waals surface area contributed by atoms with E-state index < -0.39 is 0 Å². The van der Waals surface area contributed by atoms with Crippen molar-refractivity contribution >= 4 is 12.1 Å². The molecule has 0 saturated carbocycles. The SMILES string of the molecule is CCCCCCCCCOc1ccc(/C=N/NC(=O)CCCC)cc1OC. The molecule has 1 aromatic carbocycles. The molecule has 1 N–H and O–H groups in total. The molecule has 0 atom stereocenters. The van der Waals surface area contributed by atoms with Crippen LogP contribution >= 0.6 is 0 Å². The van der Waals surface area contributed by atoms with Crippen LogP contribution in [0.5, 0.6) is 11.5 Å². The molecule has 0 unspecified atom stereocenters. The zero-order valence-electron chi connectivity index (χ0n) is 17.3. The van der Waals surface area contributed by atoms with E-state index in [1.165, 1.54) is 38.5 Å². The van der Waals surface area contributed by atoms with Crippen LogP contribution < -0.4 is 14.9 Å². The lowest BCUT2D eigenvalue weighted by atomic mass is 10.1. The van der Waals surface area contributed by atoms with Crippen LogP contribution in [0.3, 0.4) is 0 Å². The number of carbonyl (C=O) groups excluding carboxylic acids is 1. The van der Waals surface area contributed by atoms with Gasteiger partial charge in [0.15, 0.2) is 11.5 Å². The van der Waals surface area contributed by atoms with E-state index in [4.69, 9.17) is 9.47 Å². The molecular weight excluding hydrogens is 340 g/mol. The Hall–Kier alpha value is -2.04.